The second kappa shape index (κ2) is 8.50. The number of nitro groups is 1. The van der Waals surface area contributed by atoms with Gasteiger partial charge in [-0.25, -0.2) is 0 Å². The molecule has 0 unspecified atom stereocenters. The predicted octanol–water partition coefficient (Wildman–Crippen LogP) is 3.75. The Morgan fingerprint density at radius 1 is 1.33 bits per heavy atom. The summed E-state index contributed by atoms with van der Waals surface area (Å²) in [6.07, 6.45) is 4.05. The summed E-state index contributed by atoms with van der Waals surface area (Å²) in [5, 5.41) is 20.0. The molecule has 0 bridgehead atoms. The highest BCUT2D eigenvalue weighted by molar-refractivity contribution is 6.31. The molecule has 2 heterocycles. The Balaban J connectivity index is 1.88. The molecule has 1 aromatic carbocycles. The van der Waals surface area contributed by atoms with E-state index in [-0.39, 0.29) is 11.4 Å². The average molecular weight is 430 g/mol. The molecule has 0 radical (unpaired) electrons. The van der Waals surface area contributed by atoms with Gasteiger partial charge in [0.25, 0.3) is 0 Å². The minimum atomic E-state index is -0.626. The normalized spacial score (nSPS) is 11.2. The van der Waals surface area contributed by atoms with Crippen LogP contribution >= 0.6 is 11.6 Å². The van der Waals surface area contributed by atoms with Gasteiger partial charge in [0, 0.05) is 12.6 Å². The first kappa shape index (κ1) is 21.3. The number of ether oxygens (including phenoxy) is 1. The zero-order valence-corrected chi connectivity index (χ0v) is 17.7. The highest BCUT2D eigenvalue weighted by Gasteiger charge is 2.23. The van der Waals surface area contributed by atoms with Gasteiger partial charge in [0.05, 0.1) is 35.0 Å². The van der Waals surface area contributed by atoms with E-state index in [1.807, 2.05) is 19.9 Å². The quantitative estimate of drug-likeness (QED) is 0.245. The smallest absolute Gasteiger partial charge is 0.318 e. The summed E-state index contributed by atoms with van der Waals surface area (Å²) in [6, 6.07) is 5.43. The van der Waals surface area contributed by atoms with Gasteiger partial charge in [0.1, 0.15) is 11.9 Å². The lowest BCUT2D eigenvalue weighted by Crippen LogP contribution is -2.06. The molecule has 3 rings (SSSR count). The second-order valence-corrected chi connectivity index (χ2v) is 7.08. The Hall–Kier alpha value is -3.46. The summed E-state index contributed by atoms with van der Waals surface area (Å²) in [5.74, 6) is 0.118. The van der Waals surface area contributed by atoms with E-state index in [4.69, 9.17) is 16.3 Å². The molecule has 2 aromatic heterocycles. The number of carbonyl (C=O) groups excluding carboxylic acids is 1. The molecule has 9 nitrogen and oxygen atoms in total. The van der Waals surface area contributed by atoms with Crippen LogP contribution < -0.4 is 4.74 Å². The van der Waals surface area contributed by atoms with Gasteiger partial charge in [0.15, 0.2) is 0 Å². The molecule has 0 aliphatic heterocycles. The van der Waals surface area contributed by atoms with Gasteiger partial charge in [-0.1, -0.05) is 23.7 Å². The van der Waals surface area contributed by atoms with Gasteiger partial charge in [-0.2, -0.15) is 10.2 Å². The Bertz CT molecular complexity index is 1160. The summed E-state index contributed by atoms with van der Waals surface area (Å²) in [4.78, 5) is 22.9. The van der Waals surface area contributed by atoms with Gasteiger partial charge in [-0.3, -0.25) is 24.3 Å². The summed E-state index contributed by atoms with van der Waals surface area (Å²) in [5.41, 5.74) is 2.62. The largest absolute Gasteiger partial charge is 0.496 e. The van der Waals surface area contributed by atoms with Gasteiger partial charge in [-0.15, -0.1) is 0 Å². The number of hydrogen-bond acceptors (Lipinski definition) is 6. The van der Waals surface area contributed by atoms with Crippen molar-refractivity contribution in [2.45, 2.75) is 20.4 Å². The van der Waals surface area contributed by atoms with Crippen molar-refractivity contribution < 1.29 is 14.5 Å². The van der Waals surface area contributed by atoms with Crippen LogP contribution in [0.2, 0.25) is 5.02 Å². The van der Waals surface area contributed by atoms with Crippen LogP contribution in [0.1, 0.15) is 33.0 Å². The van der Waals surface area contributed by atoms with Crippen molar-refractivity contribution in [3.8, 4) is 5.75 Å². The van der Waals surface area contributed by atoms with Crippen LogP contribution in [0.5, 0.6) is 5.75 Å². The van der Waals surface area contributed by atoms with Crippen LogP contribution in [0.25, 0.3) is 6.08 Å². The number of ketones is 1. The first-order valence-corrected chi connectivity index (χ1v) is 9.36. The number of benzene rings is 1. The van der Waals surface area contributed by atoms with Crippen LogP contribution in [0.4, 0.5) is 5.69 Å². The Kier molecular flexibility index (Phi) is 6.02. The van der Waals surface area contributed by atoms with Crippen molar-refractivity contribution in [2.75, 3.05) is 7.11 Å². The molecule has 0 saturated carbocycles. The van der Waals surface area contributed by atoms with Crippen molar-refractivity contribution in [1.82, 2.24) is 19.6 Å². The number of allylic oxidation sites excluding steroid dienone is 1. The van der Waals surface area contributed by atoms with Crippen LogP contribution in [0, 0.1) is 24.0 Å². The molecule has 156 valence electrons. The van der Waals surface area contributed by atoms with E-state index in [1.54, 1.807) is 30.0 Å². The van der Waals surface area contributed by atoms with Gasteiger partial charge >= 0.3 is 5.69 Å². The average Bonchev–Trinajstić information content (AvgIpc) is 3.22. The Labute approximate surface area is 177 Å². The maximum Gasteiger partial charge on any atom is 0.318 e. The summed E-state index contributed by atoms with van der Waals surface area (Å²) >= 11 is 6.23. The second-order valence-electron chi connectivity index (χ2n) is 6.71. The molecular weight excluding hydrogens is 410 g/mol. The van der Waals surface area contributed by atoms with E-state index in [9.17, 15) is 14.9 Å². The van der Waals surface area contributed by atoms with Gasteiger partial charge in [-0.05, 0) is 37.6 Å². The molecule has 0 aliphatic carbocycles. The zero-order chi connectivity index (χ0) is 22.0. The van der Waals surface area contributed by atoms with Crippen LogP contribution in [0.15, 0.2) is 30.5 Å². The van der Waals surface area contributed by atoms with E-state index in [0.29, 0.717) is 17.3 Å². The molecule has 0 atom stereocenters. The maximum atomic E-state index is 12.4. The number of aryl methyl sites for hydroxylation is 2. The third kappa shape index (κ3) is 4.25. The van der Waals surface area contributed by atoms with Gasteiger partial charge < -0.3 is 4.74 Å². The fourth-order valence-corrected chi connectivity index (χ4v) is 3.19. The molecule has 3 aromatic rings. The topological polar surface area (TPSA) is 105 Å². The standard InChI is InChI=1S/C20H20ClN5O4/c1-12-19(21)13(2)25(22-12)10-15-9-14(6-8-18(15)30-4)5-7-17(27)20-16(26(28)29)11-24(3)23-20/h5-9,11H,10H2,1-4H3/b7-5+. The van der Waals surface area contributed by atoms with E-state index in [1.165, 1.54) is 24.0 Å². The summed E-state index contributed by atoms with van der Waals surface area (Å²) in [6.45, 7) is 4.16. The van der Waals surface area contributed by atoms with Crippen molar-refractivity contribution in [3.63, 3.8) is 0 Å². The summed E-state index contributed by atoms with van der Waals surface area (Å²) < 4.78 is 8.46. The van der Waals surface area contributed by atoms with Crippen molar-refractivity contribution in [2.24, 2.45) is 7.05 Å². The molecule has 0 fully saturated rings. The molecular formula is C20H20ClN5O4. The number of rotatable bonds is 7. The predicted molar refractivity (Wildman–Crippen MR) is 112 cm³/mol. The van der Waals surface area contributed by atoms with Crippen molar-refractivity contribution >= 4 is 29.1 Å². The third-order valence-electron chi connectivity index (χ3n) is 4.58. The Morgan fingerprint density at radius 2 is 2.07 bits per heavy atom. The van der Waals surface area contributed by atoms with E-state index in [0.717, 1.165) is 22.5 Å². The first-order chi connectivity index (χ1) is 14.2. The number of aromatic nitrogens is 4. The number of hydrogen-bond donors (Lipinski definition) is 0. The molecule has 10 heteroatoms. The molecule has 0 spiro atoms. The van der Waals surface area contributed by atoms with Crippen molar-refractivity contribution in [3.05, 3.63) is 73.8 Å². The van der Waals surface area contributed by atoms with Crippen LogP contribution in [-0.2, 0) is 13.6 Å². The maximum absolute atomic E-state index is 12.4. The third-order valence-corrected chi connectivity index (χ3v) is 5.13. The lowest BCUT2D eigenvalue weighted by Gasteiger charge is -2.11. The number of nitrogens with zero attached hydrogens (tertiary/aromatic N) is 5. The molecule has 0 saturated heterocycles. The van der Waals surface area contributed by atoms with E-state index in [2.05, 4.69) is 10.2 Å². The minimum Gasteiger partial charge on any atom is -0.496 e. The monoisotopic (exact) mass is 429 g/mol. The van der Waals surface area contributed by atoms with Crippen molar-refractivity contribution in [1.29, 1.82) is 0 Å². The van der Waals surface area contributed by atoms with Gasteiger partial charge in [0.2, 0.25) is 11.5 Å². The minimum absolute atomic E-state index is 0.204. The number of methoxy groups -OCH3 is 1. The molecule has 0 aliphatic rings. The SMILES string of the molecule is COc1ccc(/C=C/C(=O)c2nn(C)cc2[N+](=O)[O-])cc1Cn1nc(C)c(Cl)c1C. The molecule has 0 N–H and O–H groups in total. The highest BCUT2D eigenvalue weighted by Crippen LogP contribution is 2.25. The highest BCUT2D eigenvalue weighted by atomic mass is 35.5. The van der Waals surface area contributed by atoms with Crippen LogP contribution in [-0.4, -0.2) is 37.4 Å². The van der Waals surface area contributed by atoms with E-state index < -0.39 is 10.7 Å². The van der Waals surface area contributed by atoms with Crippen LogP contribution in [0.3, 0.4) is 0 Å². The Morgan fingerprint density at radius 3 is 2.67 bits per heavy atom. The zero-order valence-electron chi connectivity index (χ0n) is 16.9. The fourth-order valence-electron chi connectivity index (χ4n) is 3.05. The summed E-state index contributed by atoms with van der Waals surface area (Å²) in [7, 11) is 3.10. The van der Waals surface area contributed by atoms with E-state index >= 15 is 0 Å². The lowest BCUT2D eigenvalue weighted by atomic mass is 10.1. The number of carbonyl (C=O) groups is 1. The first-order valence-electron chi connectivity index (χ1n) is 8.98. The number of halogens is 1. The fraction of sp³-hybridized carbons (Fsp3) is 0.250. The lowest BCUT2D eigenvalue weighted by molar-refractivity contribution is -0.385. The molecule has 0 amide bonds. The molecule has 30 heavy (non-hydrogen) atoms.